The third-order valence-electron chi connectivity index (χ3n) is 5.75. The minimum atomic E-state index is -0.324. The van der Waals surface area contributed by atoms with Crippen LogP contribution >= 0.6 is 0 Å². The van der Waals surface area contributed by atoms with Crippen molar-refractivity contribution in [3.8, 4) is 5.75 Å². The Balaban J connectivity index is 1.71. The van der Waals surface area contributed by atoms with E-state index in [9.17, 15) is 14.7 Å². The van der Waals surface area contributed by atoms with E-state index in [4.69, 9.17) is 0 Å². The summed E-state index contributed by atoms with van der Waals surface area (Å²) in [5.74, 6) is -0.540. The van der Waals surface area contributed by atoms with E-state index in [1.807, 2.05) is 24.3 Å². The van der Waals surface area contributed by atoms with E-state index in [1.165, 1.54) is 11.0 Å². The number of hydrogen-bond acceptors (Lipinski definition) is 4. The highest BCUT2D eigenvalue weighted by Crippen LogP contribution is 2.39. The van der Waals surface area contributed by atoms with Crippen LogP contribution in [-0.4, -0.2) is 30.0 Å². The number of hydrogen-bond donors (Lipinski definition) is 1. The van der Waals surface area contributed by atoms with Gasteiger partial charge in [0, 0.05) is 40.7 Å². The van der Waals surface area contributed by atoms with Gasteiger partial charge in [-0.05, 0) is 61.7 Å². The fourth-order valence-electron chi connectivity index (χ4n) is 4.42. The molecule has 0 bridgehead atoms. The molecule has 0 spiro atoms. The minimum Gasteiger partial charge on any atom is -0.508 e. The fourth-order valence-corrected chi connectivity index (χ4v) is 4.42. The highest BCUT2D eigenvalue weighted by molar-refractivity contribution is 6.36. The molecule has 1 N–H and O–H groups in total. The molecule has 140 valence electrons. The van der Waals surface area contributed by atoms with Crippen molar-refractivity contribution in [1.82, 2.24) is 0 Å². The molecule has 5 nitrogen and oxygen atoms in total. The average Bonchev–Trinajstić information content (AvgIpc) is 3.22. The smallest absolute Gasteiger partial charge is 0.265 e. The van der Waals surface area contributed by atoms with Crippen molar-refractivity contribution in [2.75, 3.05) is 22.9 Å². The number of phenolic OH excluding ortho intramolecular Hbond substituents is 1. The molecule has 28 heavy (non-hydrogen) atoms. The van der Waals surface area contributed by atoms with Gasteiger partial charge in [-0.25, -0.2) is 4.90 Å². The van der Waals surface area contributed by atoms with E-state index in [1.54, 1.807) is 25.1 Å². The van der Waals surface area contributed by atoms with Crippen LogP contribution in [0.3, 0.4) is 0 Å². The Hall–Kier alpha value is -3.34. The quantitative estimate of drug-likeness (QED) is 0.683. The zero-order valence-electron chi connectivity index (χ0n) is 15.6. The number of benzene rings is 3. The molecule has 3 aromatic rings. The van der Waals surface area contributed by atoms with Gasteiger partial charge in [-0.2, -0.15) is 0 Å². The predicted octanol–water partition coefficient (Wildman–Crippen LogP) is 4.25. The van der Waals surface area contributed by atoms with Gasteiger partial charge in [0.25, 0.3) is 11.8 Å². The van der Waals surface area contributed by atoms with Crippen molar-refractivity contribution in [3.63, 3.8) is 0 Å². The number of carbonyl (C=O) groups excluding carboxylic acids is 2. The summed E-state index contributed by atoms with van der Waals surface area (Å²) in [7, 11) is 0. The van der Waals surface area contributed by atoms with E-state index in [0.29, 0.717) is 22.4 Å². The highest BCUT2D eigenvalue weighted by atomic mass is 16.3. The van der Waals surface area contributed by atoms with Crippen molar-refractivity contribution in [3.05, 3.63) is 65.2 Å². The number of nitrogens with zero attached hydrogens (tertiary/aromatic N) is 2. The molecule has 1 fully saturated rings. The number of amides is 2. The van der Waals surface area contributed by atoms with E-state index < -0.39 is 0 Å². The summed E-state index contributed by atoms with van der Waals surface area (Å²) in [6.07, 6.45) is 2.32. The van der Waals surface area contributed by atoms with Gasteiger partial charge in [0.1, 0.15) is 5.75 Å². The Kier molecular flexibility index (Phi) is 3.66. The third-order valence-corrected chi connectivity index (χ3v) is 5.75. The minimum absolute atomic E-state index is 0.107. The van der Waals surface area contributed by atoms with Gasteiger partial charge in [-0.3, -0.25) is 9.59 Å². The molecule has 0 radical (unpaired) electrons. The van der Waals surface area contributed by atoms with E-state index in [0.717, 1.165) is 42.4 Å². The number of rotatable bonds is 2. The molecule has 0 aliphatic carbocycles. The normalized spacial score (nSPS) is 16.3. The van der Waals surface area contributed by atoms with Gasteiger partial charge in [0.15, 0.2) is 0 Å². The Bertz CT molecular complexity index is 1120. The Morgan fingerprint density at radius 2 is 1.54 bits per heavy atom. The standard InChI is InChI=1S/C23H20N2O3/c1-14-13-15(26)7-9-19(14)25-22(27)17-6-4-5-16-20(24-11-2-3-12-24)10-8-18(21(16)17)23(25)28/h4-10,13,26H,2-3,11-12H2,1H3. The summed E-state index contributed by atoms with van der Waals surface area (Å²) in [6, 6.07) is 14.2. The lowest BCUT2D eigenvalue weighted by atomic mass is 9.92. The lowest BCUT2D eigenvalue weighted by Gasteiger charge is -2.30. The molecule has 0 atom stereocenters. The molecule has 0 saturated carbocycles. The number of carbonyl (C=O) groups is 2. The lowest BCUT2D eigenvalue weighted by Crippen LogP contribution is -2.41. The van der Waals surface area contributed by atoms with Crippen LogP contribution in [0, 0.1) is 6.92 Å². The molecular formula is C23H20N2O3. The first-order chi connectivity index (χ1) is 13.6. The number of imide groups is 1. The van der Waals surface area contributed by atoms with Crippen LogP contribution in [0.1, 0.15) is 39.1 Å². The van der Waals surface area contributed by atoms with Crippen LogP contribution in [0.2, 0.25) is 0 Å². The van der Waals surface area contributed by atoms with Crippen molar-refractivity contribution in [2.24, 2.45) is 0 Å². The lowest BCUT2D eigenvalue weighted by molar-refractivity contribution is 0.0893. The summed E-state index contributed by atoms with van der Waals surface area (Å²) in [5.41, 5.74) is 3.35. The topological polar surface area (TPSA) is 60.9 Å². The second-order valence-corrected chi connectivity index (χ2v) is 7.47. The monoisotopic (exact) mass is 372 g/mol. The van der Waals surface area contributed by atoms with Crippen LogP contribution in [0.15, 0.2) is 48.5 Å². The second-order valence-electron chi connectivity index (χ2n) is 7.47. The van der Waals surface area contributed by atoms with Gasteiger partial charge in [0.2, 0.25) is 0 Å². The molecule has 2 aliphatic heterocycles. The Labute approximate surface area is 162 Å². The Morgan fingerprint density at radius 1 is 0.857 bits per heavy atom. The molecule has 1 saturated heterocycles. The molecule has 5 heteroatoms. The first-order valence-electron chi connectivity index (χ1n) is 9.55. The third kappa shape index (κ3) is 2.32. The largest absolute Gasteiger partial charge is 0.508 e. The maximum atomic E-state index is 13.3. The van der Waals surface area contributed by atoms with E-state index in [-0.39, 0.29) is 17.6 Å². The van der Waals surface area contributed by atoms with Gasteiger partial charge < -0.3 is 10.0 Å². The second kappa shape index (κ2) is 6.09. The number of aryl methyl sites for hydroxylation is 1. The zero-order valence-corrected chi connectivity index (χ0v) is 15.6. The first kappa shape index (κ1) is 16.8. The highest BCUT2D eigenvalue weighted by Gasteiger charge is 2.35. The van der Waals surface area contributed by atoms with E-state index >= 15 is 0 Å². The van der Waals surface area contributed by atoms with Crippen molar-refractivity contribution in [2.45, 2.75) is 19.8 Å². The number of aromatic hydroxyl groups is 1. The molecule has 2 heterocycles. The van der Waals surface area contributed by atoms with Crippen molar-refractivity contribution < 1.29 is 14.7 Å². The molecule has 0 unspecified atom stereocenters. The molecular weight excluding hydrogens is 352 g/mol. The van der Waals surface area contributed by atoms with Gasteiger partial charge >= 0.3 is 0 Å². The maximum Gasteiger partial charge on any atom is 0.265 e. The summed E-state index contributed by atoms with van der Waals surface area (Å²) >= 11 is 0. The Morgan fingerprint density at radius 3 is 2.25 bits per heavy atom. The van der Waals surface area contributed by atoms with Crippen molar-refractivity contribution >= 4 is 34.0 Å². The maximum absolute atomic E-state index is 13.3. The van der Waals surface area contributed by atoms with Crippen LogP contribution in [0.25, 0.3) is 10.8 Å². The number of anilines is 2. The van der Waals surface area contributed by atoms with Crippen LogP contribution in [0.4, 0.5) is 11.4 Å². The number of phenols is 1. The predicted molar refractivity (Wildman–Crippen MR) is 109 cm³/mol. The molecule has 3 aromatic carbocycles. The summed E-state index contributed by atoms with van der Waals surface area (Å²) < 4.78 is 0. The van der Waals surface area contributed by atoms with Crippen molar-refractivity contribution in [1.29, 1.82) is 0 Å². The van der Waals surface area contributed by atoms with Crippen LogP contribution in [0.5, 0.6) is 5.75 Å². The van der Waals surface area contributed by atoms with Crippen LogP contribution < -0.4 is 9.80 Å². The SMILES string of the molecule is Cc1cc(O)ccc1N1C(=O)c2cccc3c(N4CCCC4)ccc(c23)C1=O. The van der Waals surface area contributed by atoms with Crippen LogP contribution in [-0.2, 0) is 0 Å². The summed E-state index contributed by atoms with van der Waals surface area (Å²) in [5, 5.41) is 11.4. The van der Waals surface area contributed by atoms with Gasteiger partial charge in [-0.15, -0.1) is 0 Å². The summed E-state index contributed by atoms with van der Waals surface area (Å²) in [6.45, 7) is 3.78. The molecule has 5 rings (SSSR count). The molecule has 2 amide bonds. The fraction of sp³-hybridized carbons (Fsp3) is 0.217. The molecule has 2 aliphatic rings. The average molecular weight is 372 g/mol. The van der Waals surface area contributed by atoms with Gasteiger partial charge in [0.05, 0.1) is 5.69 Å². The molecule has 0 aromatic heterocycles. The first-order valence-corrected chi connectivity index (χ1v) is 9.55. The van der Waals surface area contributed by atoms with E-state index in [2.05, 4.69) is 4.90 Å². The zero-order chi connectivity index (χ0) is 19.4. The van der Waals surface area contributed by atoms with Gasteiger partial charge in [-0.1, -0.05) is 12.1 Å². The summed E-state index contributed by atoms with van der Waals surface area (Å²) in [4.78, 5) is 30.2.